The van der Waals surface area contributed by atoms with E-state index >= 15 is 0 Å². The molecule has 0 fully saturated rings. The zero-order valence-electron chi connectivity index (χ0n) is 25.7. The van der Waals surface area contributed by atoms with Crippen molar-refractivity contribution in [2.24, 2.45) is 0 Å². The van der Waals surface area contributed by atoms with Crippen LogP contribution in [-0.4, -0.2) is 16.6 Å². The number of phenolic OH excluding ortho intramolecular Hbond substituents is 1. The van der Waals surface area contributed by atoms with Crippen LogP contribution in [0.5, 0.6) is 11.5 Å². The maximum absolute atomic E-state index is 12.3. The van der Waals surface area contributed by atoms with Gasteiger partial charge < -0.3 is 15.2 Å². The minimum absolute atomic E-state index is 0.00241. The smallest absolute Gasteiger partial charge is 0.246 e. The number of rotatable bonds is 12. The minimum Gasteiger partial charge on any atom is -0.507 e. The molecule has 0 saturated carbocycles. The van der Waals surface area contributed by atoms with Gasteiger partial charge in [0, 0.05) is 17.7 Å². The Bertz CT molecular complexity index is 1270. The fourth-order valence-electron chi connectivity index (χ4n) is 5.37. The van der Waals surface area contributed by atoms with E-state index in [1.807, 2.05) is 57.2 Å². The molecule has 2 aromatic carbocycles. The third kappa shape index (κ3) is 8.61. The van der Waals surface area contributed by atoms with Crippen molar-refractivity contribution in [3.63, 3.8) is 0 Å². The molecule has 216 valence electrons. The summed E-state index contributed by atoms with van der Waals surface area (Å²) in [4.78, 5) is 12.3. The van der Waals surface area contributed by atoms with Crippen LogP contribution in [0.15, 0.2) is 65.3 Å². The van der Waals surface area contributed by atoms with Gasteiger partial charge in [-0.15, -0.1) is 0 Å². The molecule has 40 heavy (non-hydrogen) atoms. The topological polar surface area (TPSA) is 58.6 Å². The van der Waals surface area contributed by atoms with Gasteiger partial charge in [0.15, 0.2) is 0 Å². The first-order valence-corrected chi connectivity index (χ1v) is 14.8. The molecule has 4 nitrogen and oxygen atoms in total. The van der Waals surface area contributed by atoms with Crippen LogP contribution in [0.3, 0.4) is 0 Å². The second-order valence-electron chi connectivity index (χ2n) is 11.9. The highest BCUT2D eigenvalue weighted by atomic mass is 16.5. The van der Waals surface area contributed by atoms with Crippen LogP contribution in [0.1, 0.15) is 100 Å². The Hall–Kier alpha value is -3.27. The molecule has 0 aliphatic carbocycles. The van der Waals surface area contributed by atoms with Gasteiger partial charge in [0.2, 0.25) is 5.91 Å². The number of fused-ring (bicyclic) bond motifs is 1. The van der Waals surface area contributed by atoms with E-state index in [2.05, 4.69) is 45.2 Å². The van der Waals surface area contributed by atoms with Crippen molar-refractivity contribution in [2.45, 2.75) is 112 Å². The molecule has 0 radical (unpaired) electrons. The lowest BCUT2D eigenvalue weighted by Crippen LogP contribution is -2.37. The van der Waals surface area contributed by atoms with Crippen molar-refractivity contribution in [1.29, 1.82) is 0 Å². The van der Waals surface area contributed by atoms with Crippen molar-refractivity contribution in [2.75, 3.05) is 0 Å². The van der Waals surface area contributed by atoms with Gasteiger partial charge in [0.1, 0.15) is 17.1 Å². The van der Waals surface area contributed by atoms with Gasteiger partial charge in [0.05, 0.1) is 0 Å². The fraction of sp³-hybridized carbons (Fsp3) is 0.472. The van der Waals surface area contributed by atoms with E-state index in [4.69, 9.17) is 4.74 Å². The molecule has 1 aliphatic heterocycles. The van der Waals surface area contributed by atoms with Crippen molar-refractivity contribution < 1.29 is 14.6 Å². The molecule has 1 amide bonds. The highest BCUT2D eigenvalue weighted by molar-refractivity contribution is 5.92. The SMILES string of the molecule is C/C(=C\CC/C(C)=C/CCC1(C)CCc2c(C)c(O)c(C)c(C)c2O1)CC/C=C(\C)C(=O)NCc1ccccc1. The number of hydrogen-bond acceptors (Lipinski definition) is 3. The predicted octanol–water partition coefficient (Wildman–Crippen LogP) is 8.90. The maximum Gasteiger partial charge on any atom is 0.246 e. The molecule has 0 saturated heterocycles. The molecule has 1 unspecified atom stereocenters. The molecular formula is C36H49NO3. The van der Waals surface area contributed by atoms with Gasteiger partial charge in [-0.1, -0.05) is 59.7 Å². The van der Waals surface area contributed by atoms with Gasteiger partial charge in [-0.05, 0) is 122 Å². The second kappa shape index (κ2) is 14.4. The summed E-state index contributed by atoms with van der Waals surface area (Å²) in [6.45, 7) is 15.1. The summed E-state index contributed by atoms with van der Waals surface area (Å²) in [5, 5.41) is 13.4. The van der Waals surface area contributed by atoms with E-state index in [-0.39, 0.29) is 11.5 Å². The summed E-state index contributed by atoms with van der Waals surface area (Å²) in [6, 6.07) is 9.99. The molecule has 3 rings (SSSR count). The summed E-state index contributed by atoms with van der Waals surface area (Å²) in [6.07, 6.45) is 14.6. The molecule has 1 heterocycles. The van der Waals surface area contributed by atoms with Crippen molar-refractivity contribution >= 4 is 5.91 Å². The molecule has 0 bridgehead atoms. The van der Waals surface area contributed by atoms with Crippen LogP contribution >= 0.6 is 0 Å². The third-order valence-electron chi connectivity index (χ3n) is 8.43. The van der Waals surface area contributed by atoms with E-state index < -0.39 is 0 Å². The third-order valence-corrected chi connectivity index (χ3v) is 8.43. The molecular weight excluding hydrogens is 494 g/mol. The second-order valence-corrected chi connectivity index (χ2v) is 11.9. The number of carbonyl (C=O) groups excluding carboxylic acids is 1. The van der Waals surface area contributed by atoms with E-state index in [0.717, 1.165) is 84.9 Å². The molecule has 0 aromatic heterocycles. The van der Waals surface area contributed by atoms with E-state index in [0.29, 0.717) is 12.3 Å². The van der Waals surface area contributed by atoms with E-state index in [1.54, 1.807) is 0 Å². The minimum atomic E-state index is -0.176. The summed E-state index contributed by atoms with van der Waals surface area (Å²) < 4.78 is 6.58. The number of carbonyl (C=O) groups is 1. The Morgan fingerprint density at radius 1 is 0.925 bits per heavy atom. The zero-order chi connectivity index (χ0) is 29.3. The number of amides is 1. The van der Waals surface area contributed by atoms with Crippen LogP contribution < -0.4 is 10.1 Å². The summed E-state index contributed by atoms with van der Waals surface area (Å²) in [5.41, 5.74) is 8.63. The summed E-state index contributed by atoms with van der Waals surface area (Å²) in [5.74, 6) is 1.41. The first-order chi connectivity index (χ1) is 19.0. The van der Waals surface area contributed by atoms with Gasteiger partial charge in [-0.2, -0.15) is 0 Å². The van der Waals surface area contributed by atoms with Gasteiger partial charge >= 0.3 is 0 Å². The lowest BCUT2D eigenvalue weighted by molar-refractivity contribution is -0.117. The first kappa shape index (κ1) is 31.3. The zero-order valence-corrected chi connectivity index (χ0v) is 25.7. The quantitative estimate of drug-likeness (QED) is 0.208. The number of phenols is 1. The van der Waals surface area contributed by atoms with Crippen LogP contribution in [-0.2, 0) is 17.8 Å². The number of hydrogen-bond donors (Lipinski definition) is 2. The molecule has 0 spiro atoms. The van der Waals surface area contributed by atoms with Crippen molar-refractivity contribution in [1.82, 2.24) is 5.32 Å². The van der Waals surface area contributed by atoms with Crippen LogP contribution in [0.4, 0.5) is 0 Å². The monoisotopic (exact) mass is 543 g/mol. The Kier molecular flexibility index (Phi) is 11.2. The van der Waals surface area contributed by atoms with Crippen LogP contribution in [0.2, 0.25) is 0 Å². The average Bonchev–Trinajstić information content (AvgIpc) is 2.94. The normalized spacial score (nSPS) is 17.8. The number of ether oxygens (including phenoxy) is 1. The maximum atomic E-state index is 12.3. The van der Waals surface area contributed by atoms with Crippen molar-refractivity contribution in [3.05, 3.63) is 93.1 Å². The fourth-order valence-corrected chi connectivity index (χ4v) is 5.37. The summed E-state index contributed by atoms with van der Waals surface area (Å²) in [7, 11) is 0. The standard InChI is InChI=1S/C36H49NO3/c1-25(16-12-18-27(3)35(39)37-24-31-19-9-8-10-20-31)14-11-15-26(2)17-13-22-36(7)23-21-32-30(6)33(38)28(4)29(5)34(32)40-36/h8-10,14,17-20,38H,11-13,15-16,21-24H2,1-7H3,(H,37,39)/b25-14+,26-17+,27-18+. The molecule has 1 atom stereocenters. The number of nitrogens with one attached hydrogen (secondary N) is 1. The number of benzene rings is 2. The van der Waals surface area contributed by atoms with E-state index in [9.17, 15) is 9.90 Å². The first-order valence-electron chi connectivity index (χ1n) is 14.8. The Morgan fingerprint density at radius 2 is 1.55 bits per heavy atom. The van der Waals surface area contributed by atoms with Gasteiger partial charge in [-0.3, -0.25) is 4.79 Å². The molecule has 4 heteroatoms. The Morgan fingerprint density at radius 3 is 2.23 bits per heavy atom. The summed E-state index contributed by atoms with van der Waals surface area (Å²) >= 11 is 0. The van der Waals surface area contributed by atoms with Crippen molar-refractivity contribution in [3.8, 4) is 11.5 Å². The Labute approximate surface area is 242 Å². The van der Waals surface area contributed by atoms with E-state index in [1.165, 1.54) is 16.7 Å². The predicted molar refractivity (Wildman–Crippen MR) is 167 cm³/mol. The molecule has 1 aliphatic rings. The largest absolute Gasteiger partial charge is 0.507 e. The molecule has 2 aromatic rings. The molecule has 2 N–H and O–H groups in total. The van der Waals surface area contributed by atoms with Gasteiger partial charge in [-0.25, -0.2) is 0 Å². The van der Waals surface area contributed by atoms with Crippen LogP contribution in [0.25, 0.3) is 0 Å². The Balaban J connectivity index is 1.39. The number of aromatic hydroxyl groups is 1. The lowest BCUT2D eigenvalue weighted by Gasteiger charge is -2.38. The van der Waals surface area contributed by atoms with Gasteiger partial charge in [0.25, 0.3) is 0 Å². The van der Waals surface area contributed by atoms with Crippen LogP contribution in [0, 0.1) is 20.8 Å². The highest BCUT2D eigenvalue weighted by Crippen LogP contribution is 2.44. The number of allylic oxidation sites excluding steroid dienone is 5. The lowest BCUT2D eigenvalue weighted by atomic mass is 9.85. The highest BCUT2D eigenvalue weighted by Gasteiger charge is 2.33. The average molecular weight is 544 g/mol.